The molecule has 2 saturated heterocycles. The largest absolute Gasteiger partial charge is 0.315 e. The predicted molar refractivity (Wildman–Crippen MR) is 58.0 cm³/mol. The molecule has 0 N–H and O–H groups in total. The van der Waals surface area contributed by atoms with Gasteiger partial charge < -0.3 is 9.80 Å². The molecule has 4 heterocycles. The number of fused-ring (bicyclic) bond motifs is 2. The lowest BCUT2D eigenvalue weighted by molar-refractivity contribution is -0.140. The van der Waals surface area contributed by atoms with Gasteiger partial charge >= 0.3 is 0 Å². The fraction of sp³-hybridized carbons (Fsp3) is 0.500. The number of hydrogen-bond acceptors (Lipinski definition) is 2. The molecular formula is C12H14N2O2. The van der Waals surface area contributed by atoms with E-state index in [0.717, 1.165) is 25.7 Å². The Morgan fingerprint density at radius 3 is 1.56 bits per heavy atom. The van der Waals surface area contributed by atoms with Crippen LogP contribution in [0.1, 0.15) is 25.7 Å². The molecule has 4 aliphatic rings. The number of hydrogen-bond donors (Lipinski definition) is 0. The Hall–Kier alpha value is -1.58. The summed E-state index contributed by atoms with van der Waals surface area (Å²) in [5.41, 5.74) is 0. The van der Waals surface area contributed by atoms with Crippen LogP contribution in [0.3, 0.4) is 0 Å². The van der Waals surface area contributed by atoms with Crippen LogP contribution in [0.15, 0.2) is 24.6 Å². The highest BCUT2D eigenvalue weighted by atomic mass is 16.2. The van der Waals surface area contributed by atoms with E-state index in [-0.39, 0.29) is 11.8 Å². The SMILES string of the molecule is O=C1CC2CC=CN12.O=C1CC2CC=CN12. The fourth-order valence-electron chi connectivity index (χ4n) is 2.46. The minimum absolute atomic E-state index is 0.281. The van der Waals surface area contributed by atoms with Gasteiger partial charge in [0.2, 0.25) is 11.8 Å². The zero-order valence-corrected chi connectivity index (χ0v) is 9.00. The van der Waals surface area contributed by atoms with E-state index in [9.17, 15) is 9.59 Å². The third-order valence-corrected chi connectivity index (χ3v) is 3.53. The molecular weight excluding hydrogens is 204 g/mol. The van der Waals surface area contributed by atoms with Crippen LogP contribution in [-0.4, -0.2) is 33.7 Å². The van der Waals surface area contributed by atoms with Crippen LogP contribution in [0.25, 0.3) is 0 Å². The van der Waals surface area contributed by atoms with Gasteiger partial charge in [0.15, 0.2) is 0 Å². The van der Waals surface area contributed by atoms with Crippen LogP contribution in [0.5, 0.6) is 0 Å². The van der Waals surface area contributed by atoms with E-state index in [2.05, 4.69) is 12.2 Å². The summed E-state index contributed by atoms with van der Waals surface area (Å²) in [5, 5.41) is 0. The molecule has 0 aromatic carbocycles. The first-order valence-electron chi connectivity index (χ1n) is 5.71. The Balaban J connectivity index is 0.000000101. The van der Waals surface area contributed by atoms with Crippen LogP contribution < -0.4 is 0 Å². The van der Waals surface area contributed by atoms with Crippen molar-refractivity contribution >= 4 is 11.8 Å². The lowest BCUT2D eigenvalue weighted by Gasteiger charge is -2.32. The summed E-state index contributed by atoms with van der Waals surface area (Å²) < 4.78 is 0. The van der Waals surface area contributed by atoms with Gasteiger partial charge in [0.05, 0.1) is 0 Å². The number of nitrogens with zero attached hydrogens (tertiary/aromatic N) is 2. The maximum atomic E-state index is 10.6. The van der Waals surface area contributed by atoms with Gasteiger partial charge in [-0.2, -0.15) is 0 Å². The summed E-state index contributed by atoms with van der Waals surface area (Å²) in [6, 6.07) is 1.09. The molecule has 2 atom stereocenters. The molecule has 2 fully saturated rings. The second-order valence-electron chi connectivity index (χ2n) is 4.56. The van der Waals surface area contributed by atoms with Crippen molar-refractivity contribution in [3.8, 4) is 0 Å². The zero-order valence-electron chi connectivity index (χ0n) is 9.00. The molecule has 4 heteroatoms. The summed E-state index contributed by atoms with van der Waals surface area (Å²) in [7, 11) is 0. The minimum atomic E-state index is 0.281. The van der Waals surface area contributed by atoms with E-state index in [1.807, 2.05) is 12.4 Å². The third-order valence-electron chi connectivity index (χ3n) is 3.53. The summed E-state index contributed by atoms with van der Waals surface area (Å²) in [5.74, 6) is 0.563. The first-order chi connectivity index (χ1) is 7.75. The fourth-order valence-corrected chi connectivity index (χ4v) is 2.46. The van der Waals surface area contributed by atoms with Crippen LogP contribution in [-0.2, 0) is 9.59 Å². The lowest BCUT2D eigenvalue weighted by Crippen LogP contribution is -2.45. The average Bonchev–Trinajstić information content (AvgIpc) is 2.81. The topological polar surface area (TPSA) is 40.6 Å². The molecule has 2 unspecified atom stereocenters. The Kier molecular flexibility index (Phi) is 2.09. The van der Waals surface area contributed by atoms with Crippen molar-refractivity contribution in [1.29, 1.82) is 0 Å². The quantitative estimate of drug-likeness (QED) is 0.569. The van der Waals surface area contributed by atoms with Crippen molar-refractivity contribution in [2.45, 2.75) is 37.8 Å². The first kappa shape index (κ1) is 9.63. The van der Waals surface area contributed by atoms with Crippen molar-refractivity contribution < 1.29 is 9.59 Å². The summed E-state index contributed by atoms with van der Waals surface area (Å²) in [6.07, 6.45) is 11.6. The standard InChI is InChI=1S/2C6H7NO/c2*8-6-4-5-2-1-3-7(5)6/h2*1,3,5H,2,4H2. The van der Waals surface area contributed by atoms with E-state index < -0.39 is 0 Å². The van der Waals surface area contributed by atoms with E-state index in [4.69, 9.17) is 0 Å². The van der Waals surface area contributed by atoms with Gasteiger partial charge in [0.25, 0.3) is 0 Å². The van der Waals surface area contributed by atoms with Crippen LogP contribution in [0, 0.1) is 0 Å². The van der Waals surface area contributed by atoms with Crippen LogP contribution in [0.4, 0.5) is 0 Å². The molecule has 16 heavy (non-hydrogen) atoms. The van der Waals surface area contributed by atoms with Gasteiger partial charge in [-0.1, -0.05) is 12.2 Å². The summed E-state index contributed by atoms with van der Waals surface area (Å²) in [4.78, 5) is 24.8. The summed E-state index contributed by atoms with van der Waals surface area (Å²) >= 11 is 0. The van der Waals surface area contributed by atoms with Gasteiger partial charge in [-0.05, 0) is 12.8 Å². The number of rotatable bonds is 0. The molecule has 0 radical (unpaired) electrons. The van der Waals surface area contributed by atoms with Gasteiger partial charge in [-0.15, -0.1) is 0 Å². The second-order valence-corrected chi connectivity index (χ2v) is 4.56. The van der Waals surface area contributed by atoms with Gasteiger partial charge in [0.1, 0.15) is 0 Å². The third kappa shape index (κ3) is 1.37. The first-order valence-corrected chi connectivity index (χ1v) is 5.71. The molecule has 0 spiro atoms. The highest BCUT2D eigenvalue weighted by Gasteiger charge is 2.36. The smallest absolute Gasteiger partial charge is 0.228 e. The highest BCUT2D eigenvalue weighted by molar-refractivity contribution is 5.85. The Labute approximate surface area is 94.2 Å². The maximum Gasteiger partial charge on any atom is 0.228 e. The molecule has 0 aromatic heterocycles. The maximum absolute atomic E-state index is 10.6. The van der Waals surface area contributed by atoms with Gasteiger partial charge in [-0.3, -0.25) is 9.59 Å². The number of β-lactam (4-membered cyclic amide) rings is 2. The predicted octanol–water partition coefficient (Wildman–Crippen LogP) is 1.01. The highest BCUT2D eigenvalue weighted by Crippen LogP contribution is 2.28. The second kappa shape index (κ2) is 3.47. The van der Waals surface area contributed by atoms with Crippen molar-refractivity contribution in [3.05, 3.63) is 24.6 Å². The molecule has 84 valence electrons. The molecule has 4 aliphatic heterocycles. The van der Waals surface area contributed by atoms with E-state index in [0.29, 0.717) is 12.1 Å². The van der Waals surface area contributed by atoms with Gasteiger partial charge in [-0.25, -0.2) is 0 Å². The normalized spacial score (nSPS) is 32.8. The Morgan fingerprint density at radius 2 is 1.31 bits per heavy atom. The van der Waals surface area contributed by atoms with Crippen LogP contribution in [0.2, 0.25) is 0 Å². The lowest BCUT2D eigenvalue weighted by atomic mass is 10.0. The average molecular weight is 218 g/mol. The van der Waals surface area contributed by atoms with E-state index in [1.165, 1.54) is 0 Å². The molecule has 4 rings (SSSR count). The van der Waals surface area contributed by atoms with Crippen molar-refractivity contribution in [1.82, 2.24) is 9.80 Å². The number of amides is 2. The Morgan fingerprint density at radius 1 is 0.875 bits per heavy atom. The van der Waals surface area contributed by atoms with E-state index in [1.54, 1.807) is 9.80 Å². The zero-order chi connectivity index (χ0) is 11.1. The van der Waals surface area contributed by atoms with Gasteiger partial charge in [0, 0.05) is 37.3 Å². The molecule has 0 aliphatic carbocycles. The molecule has 0 bridgehead atoms. The number of carbonyl (C=O) groups is 2. The van der Waals surface area contributed by atoms with Crippen molar-refractivity contribution in [3.63, 3.8) is 0 Å². The summed E-state index contributed by atoms with van der Waals surface area (Å²) in [6.45, 7) is 0. The number of carbonyl (C=O) groups excluding carboxylic acids is 2. The molecule has 2 amide bonds. The van der Waals surface area contributed by atoms with Crippen LogP contribution >= 0.6 is 0 Å². The molecule has 0 aromatic rings. The van der Waals surface area contributed by atoms with Crippen molar-refractivity contribution in [2.24, 2.45) is 0 Å². The Bertz CT molecular complexity index is 362. The van der Waals surface area contributed by atoms with E-state index >= 15 is 0 Å². The monoisotopic (exact) mass is 218 g/mol. The molecule has 0 saturated carbocycles. The molecule has 4 nitrogen and oxygen atoms in total. The van der Waals surface area contributed by atoms with Crippen molar-refractivity contribution in [2.75, 3.05) is 0 Å². The minimum Gasteiger partial charge on any atom is -0.315 e.